The Hall–Kier alpha value is -2.18. The lowest BCUT2D eigenvalue weighted by Gasteiger charge is -2.16. The Bertz CT molecular complexity index is 662. The zero-order valence-corrected chi connectivity index (χ0v) is 10.7. The molecule has 1 amide bonds. The fourth-order valence-electron chi connectivity index (χ4n) is 2.32. The minimum Gasteiger partial charge on any atom is -0.297 e. The largest absolute Gasteiger partial charge is 0.416 e. The number of rotatable bonds is 3. The van der Waals surface area contributed by atoms with Crippen molar-refractivity contribution in [3.63, 3.8) is 0 Å². The second-order valence-electron chi connectivity index (χ2n) is 5.19. The summed E-state index contributed by atoms with van der Waals surface area (Å²) in [5.41, 5.74) is -1.21. The third kappa shape index (κ3) is 2.32. The molecule has 1 saturated carbocycles. The summed E-state index contributed by atoms with van der Waals surface area (Å²) in [6.45, 7) is -0.256. The molecule has 0 radical (unpaired) electrons. The first-order valence-corrected chi connectivity index (χ1v) is 6.39. The molecule has 7 heteroatoms. The Balaban J connectivity index is 1.95. The van der Waals surface area contributed by atoms with Gasteiger partial charge < -0.3 is 0 Å². The molecule has 0 atom stereocenters. The van der Waals surface area contributed by atoms with Crippen LogP contribution in [0.3, 0.4) is 0 Å². The van der Waals surface area contributed by atoms with Gasteiger partial charge in [0.15, 0.2) is 5.78 Å². The number of carbonyl (C=O) groups excluding carboxylic acids is 3. The van der Waals surface area contributed by atoms with E-state index < -0.39 is 23.4 Å². The predicted molar refractivity (Wildman–Crippen MR) is 65.9 cm³/mol. The standard InChI is InChI=1S/C14H10F3NO3/c15-14(16,17)8-3-4-10-9(5-8)12(20)13(21)18(10)6-11(19)7-1-2-7/h3-5,7H,1-2,6H2. The van der Waals surface area contributed by atoms with E-state index in [1.807, 2.05) is 0 Å². The molecule has 0 N–H and O–H groups in total. The van der Waals surface area contributed by atoms with Crippen molar-refractivity contribution < 1.29 is 27.6 Å². The fraction of sp³-hybridized carbons (Fsp3) is 0.357. The fourth-order valence-corrected chi connectivity index (χ4v) is 2.32. The minimum atomic E-state index is -4.59. The molecule has 21 heavy (non-hydrogen) atoms. The van der Waals surface area contributed by atoms with Crippen LogP contribution in [-0.4, -0.2) is 24.0 Å². The average molecular weight is 297 g/mol. The van der Waals surface area contributed by atoms with Gasteiger partial charge in [-0.3, -0.25) is 19.3 Å². The van der Waals surface area contributed by atoms with Crippen molar-refractivity contribution in [3.05, 3.63) is 29.3 Å². The zero-order chi connectivity index (χ0) is 15.4. The molecule has 1 fully saturated rings. The molecular weight excluding hydrogens is 287 g/mol. The molecule has 1 aromatic carbocycles. The van der Waals surface area contributed by atoms with Gasteiger partial charge in [0.1, 0.15) is 0 Å². The average Bonchev–Trinajstić information content (AvgIpc) is 3.23. The molecule has 2 aliphatic rings. The maximum Gasteiger partial charge on any atom is 0.416 e. The number of amides is 1. The van der Waals surface area contributed by atoms with Crippen molar-refractivity contribution in [2.45, 2.75) is 19.0 Å². The normalized spacial score (nSPS) is 18.1. The first-order valence-electron chi connectivity index (χ1n) is 6.39. The number of benzene rings is 1. The number of halogens is 3. The molecule has 0 aromatic heterocycles. The van der Waals surface area contributed by atoms with Crippen LogP contribution in [0.4, 0.5) is 18.9 Å². The van der Waals surface area contributed by atoms with Crippen LogP contribution in [0.25, 0.3) is 0 Å². The summed E-state index contributed by atoms with van der Waals surface area (Å²) in [6, 6.07) is 2.54. The number of alkyl halides is 3. The molecule has 1 aliphatic heterocycles. The number of carbonyl (C=O) groups is 3. The van der Waals surface area contributed by atoms with E-state index in [4.69, 9.17) is 0 Å². The Morgan fingerprint density at radius 3 is 2.48 bits per heavy atom. The number of hydrogen-bond donors (Lipinski definition) is 0. The number of fused-ring (bicyclic) bond motifs is 1. The van der Waals surface area contributed by atoms with Gasteiger partial charge in [-0.25, -0.2) is 0 Å². The highest BCUT2D eigenvalue weighted by Gasteiger charge is 2.41. The highest BCUT2D eigenvalue weighted by molar-refractivity contribution is 6.52. The Morgan fingerprint density at radius 1 is 1.24 bits per heavy atom. The van der Waals surface area contributed by atoms with Gasteiger partial charge >= 0.3 is 6.18 Å². The zero-order valence-electron chi connectivity index (χ0n) is 10.7. The maximum absolute atomic E-state index is 12.6. The molecular formula is C14H10F3NO3. The molecule has 4 nitrogen and oxygen atoms in total. The number of nitrogens with zero attached hydrogens (tertiary/aromatic N) is 1. The third-order valence-corrected chi connectivity index (χ3v) is 3.65. The lowest BCUT2D eigenvalue weighted by Crippen LogP contribution is -2.35. The first-order chi connectivity index (χ1) is 9.79. The van der Waals surface area contributed by atoms with Crippen molar-refractivity contribution in [2.75, 3.05) is 11.4 Å². The summed E-state index contributed by atoms with van der Waals surface area (Å²) in [7, 11) is 0. The van der Waals surface area contributed by atoms with Gasteiger partial charge in [0.05, 0.1) is 23.4 Å². The van der Waals surface area contributed by atoms with E-state index in [9.17, 15) is 27.6 Å². The summed E-state index contributed by atoms with van der Waals surface area (Å²) in [5, 5.41) is 0. The van der Waals surface area contributed by atoms with Gasteiger partial charge in [0, 0.05) is 5.92 Å². The second-order valence-corrected chi connectivity index (χ2v) is 5.19. The summed E-state index contributed by atoms with van der Waals surface area (Å²) >= 11 is 0. The molecule has 3 rings (SSSR count). The quantitative estimate of drug-likeness (QED) is 0.804. The topological polar surface area (TPSA) is 54.5 Å². The van der Waals surface area contributed by atoms with Crippen LogP contribution in [0.2, 0.25) is 0 Å². The van der Waals surface area contributed by atoms with Crippen molar-refractivity contribution in [1.29, 1.82) is 0 Å². The van der Waals surface area contributed by atoms with Crippen LogP contribution < -0.4 is 4.90 Å². The van der Waals surface area contributed by atoms with E-state index in [0.29, 0.717) is 6.07 Å². The van der Waals surface area contributed by atoms with Gasteiger partial charge in [0.2, 0.25) is 0 Å². The van der Waals surface area contributed by atoms with Crippen LogP contribution in [0.15, 0.2) is 18.2 Å². The Kier molecular flexibility index (Phi) is 2.89. The summed E-state index contributed by atoms with van der Waals surface area (Å²) in [6.07, 6.45) is -3.07. The molecule has 0 unspecified atom stereocenters. The second kappa shape index (κ2) is 4.41. The summed E-state index contributed by atoms with van der Waals surface area (Å²) in [4.78, 5) is 36.4. The van der Waals surface area contributed by atoms with E-state index in [2.05, 4.69) is 0 Å². The smallest absolute Gasteiger partial charge is 0.297 e. The Morgan fingerprint density at radius 2 is 1.90 bits per heavy atom. The van der Waals surface area contributed by atoms with Crippen molar-refractivity contribution in [3.8, 4) is 0 Å². The molecule has 1 heterocycles. The number of Topliss-reactive ketones (excluding diaryl/α,β-unsaturated/α-hetero) is 2. The van der Waals surface area contributed by atoms with Crippen molar-refractivity contribution in [2.24, 2.45) is 5.92 Å². The minimum absolute atomic E-state index is 0.0759. The van der Waals surface area contributed by atoms with E-state index in [-0.39, 0.29) is 29.5 Å². The van der Waals surface area contributed by atoms with Crippen LogP contribution in [0, 0.1) is 5.92 Å². The first kappa shape index (κ1) is 13.8. The van der Waals surface area contributed by atoms with Crippen LogP contribution in [-0.2, 0) is 15.8 Å². The maximum atomic E-state index is 12.6. The Labute approximate surface area is 117 Å². The highest BCUT2D eigenvalue weighted by atomic mass is 19.4. The van der Waals surface area contributed by atoms with E-state index in [0.717, 1.165) is 29.9 Å². The molecule has 110 valence electrons. The summed E-state index contributed by atoms with van der Waals surface area (Å²) in [5.74, 6) is -2.20. The van der Waals surface area contributed by atoms with Gasteiger partial charge in [-0.1, -0.05) is 0 Å². The van der Waals surface area contributed by atoms with Gasteiger partial charge in [0.25, 0.3) is 11.7 Å². The monoisotopic (exact) mass is 297 g/mol. The molecule has 1 aliphatic carbocycles. The van der Waals surface area contributed by atoms with Crippen LogP contribution in [0.1, 0.15) is 28.8 Å². The van der Waals surface area contributed by atoms with E-state index in [1.165, 1.54) is 0 Å². The number of anilines is 1. The van der Waals surface area contributed by atoms with E-state index >= 15 is 0 Å². The predicted octanol–water partition coefficient (Wildman–Crippen LogP) is 2.21. The SMILES string of the molecule is O=C1C(=O)N(CC(=O)C2CC2)c2ccc(C(F)(F)F)cc21. The highest BCUT2D eigenvalue weighted by Crippen LogP contribution is 2.37. The van der Waals surface area contributed by atoms with Crippen molar-refractivity contribution >= 4 is 23.2 Å². The van der Waals surface area contributed by atoms with E-state index in [1.54, 1.807) is 0 Å². The van der Waals surface area contributed by atoms with Gasteiger partial charge in [-0.15, -0.1) is 0 Å². The molecule has 0 saturated heterocycles. The van der Waals surface area contributed by atoms with Crippen LogP contribution >= 0.6 is 0 Å². The third-order valence-electron chi connectivity index (χ3n) is 3.65. The van der Waals surface area contributed by atoms with Crippen molar-refractivity contribution in [1.82, 2.24) is 0 Å². The number of ketones is 2. The lowest BCUT2D eigenvalue weighted by atomic mass is 10.1. The molecule has 0 spiro atoms. The van der Waals surface area contributed by atoms with Gasteiger partial charge in [-0.2, -0.15) is 13.2 Å². The van der Waals surface area contributed by atoms with Crippen LogP contribution in [0.5, 0.6) is 0 Å². The lowest BCUT2D eigenvalue weighted by molar-refractivity contribution is -0.137. The molecule has 1 aromatic rings. The number of hydrogen-bond acceptors (Lipinski definition) is 3. The molecule has 0 bridgehead atoms. The van der Waals surface area contributed by atoms with Gasteiger partial charge in [-0.05, 0) is 31.0 Å². The summed E-state index contributed by atoms with van der Waals surface area (Å²) < 4.78 is 37.9.